The first-order valence-electron chi connectivity index (χ1n) is 8.77. The molecule has 2 unspecified atom stereocenters. The third-order valence-electron chi connectivity index (χ3n) is 5.16. The summed E-state index contributed by atoms with van der Waals surface area (Å²) in [6, 6.07) is 0.125. The van der Waals surface area contributed by atoms with Crippen LogP contribution in [0.25, 0.3) is 0 Å². The van der Waals surface area contributed by atoms with Crippen molar-refractivity contribution in [3.8, 4) is 0 Å². The molecule has 8 heteroatoms. The van der Waals surface area contributed by atoms with Gasteiger partial charge < -0.3 is 25.3 Å². The predicted molar refractivity (Wildman–Crippen MR) is 105 cm³/mol. The standard InChI is InChI=1S/C16H29N5OS2/c1-5-7-9-19(6-2)15(24)20-10-8-17-12(3)16(20,4)21-11-13(22)18-14(21)23/h12,17H,5-11H2,1-4H3,(H,18,22,23). The maximum atomic E-state index is 11.8. The number of nitrogens with zero attached hydrogens (tertiary/aromatic N) is 3. The molecule has 24 heavy (non-hydrogen) atoms. The fourth-order valence-electron chi connectivity index (χ4n) is 3.43. The Morgan fingerprint density at radius 2 is 2.17 bits per heavy atom. The maximum absolute atomic E-state index is 11.8. The van der Waals surface area contributed by atoms with Crippen LogP contribution in [0.2, 0.25) is 0 Å². The van der Waals surface area contributed by atoms with Gasteiger partial charge in [-0.25, -0.2) is 0 Å². The van der Waals surface area contributed by atoms with Crippen LogP contribution < -0.4 is 10.6 Å². The molecule has 2 rings (SSSR count). The van der Waals surface area contributed by atoms with Crippen molar-refractivity contribution in [2.45, 2.75) is 52.2 Å². The first kappa shape index (κ1) is 19.3. The minimum Gasteiger partial charge on any atom is -0.349 e. The monoisotopic (exact) mass is 371 g/mol. The molecule has 0 aromatic carbocycles. The molecule has 2 N–H and O–H groups in total. The summed E-state index contributed by atoms with van der Waals surface area (Å²) in [7, 11) is 0. The number of unbranched alkanes of at least 4 members (excludes halogenated alkanes) is 1. The highest BCUT2D eigenvalue weighted by molar-refractivity contribution is 7.80. The van der Waals surface area contributed by atoms with Gasteiger partial charge >= 0.3 is 0 Å². The van der Waals surface area contributed by atoms with Gasteiger partial charge in [0.1, 0.15) is 12.2 Å². The number of rotatable bonds is 5. The summed E-state index contributed by atoms with van der Waals surface area (Å²) in [6.07, 6.45) is 2.26. The lowest BCUT2D eigenvalue weighted by Gasteiger charge is -2.55. The van der Waals surface area contributed by atoms with Gasteiger partial charge in [-0.3, -0.25) is 4.79 Å². The number of piperazine rings is 1. The number of hydrogen-bond donors (Lipinski definition) is 2. The molecule has 0 radical (unpaired) electrons. The van der Waals surface area contributed by atoms with Gasteiger partial charge in [0.2, 0.25) is 5.91 Å². The van der Waals surface area contributed by atoms with Crippen molar-refractivity contribution in [1.82, 2.24) is 25.3 Å². The zero-order valence-electron chi connectivity index (χ0n) is 15.1. The second-order valence-corrected chi connectivity index (χ2v) is 7.33. The van der Waals surface area contributed by atoms with Crippen LogP contribution in [0.4, 0.5) is 0 Å². The van der Waals surface area contributed by atoms with Crippen LogP contribution in [0.3, 0.4) is 0 Å². The molecule has 2 atom stereocenters. The highest BCUT2D eigenvalue weighted by Crippen LogP contribution is 2.30. The summed E-state index contributed by atoms with van der Waals surface area (Å²) in [5.41, 5.74) is -0.467. The Labute approximate surface area is 155 Å². The zero-order valence-corrected chi connectivity index (χ0v) is 16.7. The fraction of sp³-hybridized carbons (Fsp3) is 0.812. The van der Waals surface area contributed by atoms with Gasteiger partial charge in [0.25, 0.3) is 0 Å². The Morgan fingerprint density at radius 3 is 2.71 bits per heavy atom. The summed E-state index contributed by atoms with van der Waals surface area (Å²) in [6.45, 7) is 12.4. The Kier molecular flexibility index (Phi) is 6.39. The molecule has 6 nitrogen and oxygen atoms in total. The van der Waals surface area contributed by atoms with Crippen molar-refractivity contribution in [3.05, 3.63) is 0 Å². The van der Waals surface area contributed by atoms with Gasteiger partial charge in [-0.1, -0.05) is 13.3 Å². The summed E-state index contributed by atoms with van der Waals surface area (Å²) in [4.78, 5) is 18.3. The second-order valence-electron chi connectivity index (χ2n) is 6.58. The van der Waals surface area contributed by atoms with Gasteiger partial charge in [0.15, 0.2) is 10.2 Å². The average molecular weight is 372 g/mol. The Morgan fingerprint density at radius 1 is 1.46 bits per heavy atom. The highest BCUT2D eigenvalue weighted by atomic mass is 32.1. The SMILES string of the molecule is CCCCN(CC)C(=S)N1CCNC(C)C1(C)N1CC(=O)NC1=S. The zero-order chi connectivity index (χ0) is 17.9. The number of nitrogens with one attached hydrogen (secondary N) is 2. The maximum Gasteiger partial charge on any atom is 0.245 e. The molecule has 0 spiro atoms. The van der Waals surface area contributed by atoms with E-state index in [-0.39, 0.29) is 18.5 Å². The van der Waals surface area contributed by atoms with Crippen LogP contribution in [0.15, 0.2) is 0 Å². The minimum atomic E-state index is -0.467. The molecular formula is C16H29N5OS2. The molecule has 2 fully saturated rings. The van der Waals surface area contributed by atoms with E-state index in [0.717, 1.165) is 44.1 Å². The van der Waals surface area contributed by atoms with E-state index >= 15 is 0 Å². The number of carbonyl (C=O) groups is 1. The van der Waals surface area contributed by atoms with Gasteiger partial charge in [0.05, 0.1) is 0 Å². The molecule has 2 aliphatic rings. The lowest BCUT2D eigenvalue weighted by Crippen LogP contribution is -2.74. The molecule has 136 valence electrons. The first-order valence-corrected chi connectivity index (χ1v) is 9.59. The first-order chi connectivity index (χ1) is 11.4. The Hall–Kier alpha value is -0.990. The summed E-state index contributed by atoms with van der Waals surface area (Å²) in [5.74, 6) is -0.0526. The van der Waals surface area contributed by atoms with Gasteiger partial charge in [-0.2, -0.15) is 0 Å². The van der Waals surface area contributed by atoms with E-state index in [4.69, 9.17) is 24.4 Å². The van der Waals surface area contributed by atoms with Crippen molar-refractivity contribution >= 4 is 40.6 Å². The van der Waals surface area contributed by atoms with Crippen LogP contribution in [0, 0.1) is 0 Å². The smallest absolute Gasteiger partial charge is 0.245 e. The van der Waals surface area contributed by atoms with Crippen LogP contribution >= 0.6 is 24.4 Å². The fourth-order valence-corrected chi connectivity index (χ4v) is 4.29. The molecule has 2 heterocycles. The van der Waals surface area contributed by atoms with Crippen molar-refractivity contribution in [3.63, 3.8) is 0 Å². The Bertz CT molecular complexity index is 515. The van der Waals surface area contributed by atoms with Crippen molar-refractivity contribution in [1.29, 1.82) is 0 Å². The molecule has 0 aliphatic carbocycles. The molecule has 0 aromatic heterocycles. The van der Waals surface area contributed by atoms with Gasteiger partial charge in [-0.05, 0) is 51.6 Å². The largest absolute Gasteiger partial charge is 0.349 e. The van der Waals surface area contributed by atoms with Crippen LogP contribution in [-0.4, -0.2) is 75.3 Å². The van der Waals surface area contributed by atoms with Gasteiger partial charge in [-0.15, -0.1) is 0 Å². The lowest BCUT2D eigenvalue weighted by molar-refractivity contribution is -0.120. The molecule has 0 bridgehead atoms. The predicted octanol–water partition coefficient (Wildman–Crippen LogP) is 1.12. The summed E-state index contributed by atoms with van der Waals surface area (Å²) in [5, 5.41) is 7.60. The van der Waals surface area contributed by atoms with Crippen molar-refractivity contribution in [2.75, 3.05) is 32.7 Å². The number of hydrogen-bond acceptors (Lipinski definition) is 4. The molecule has 0 aromatic rings. The van der Waals surface area contributed by atoms with Crippen LogP contribution in [0.1, 0.15) is 40.5 Å². The quantitative estimate of drug-likeness (QED) is 0.703. The third kappa shape index (κ3) is 3.50. The van der Waals surface area contributed by atoms with E-state index in [1.54, 1.807) is 0 Å². The molecule has 1 amide bonds. The molecule has 2 aliphatic heterocycles. The third-order valence-corrected chi connectivity index (χ3v) is 5.96. The lowest BCUT2D eigenvalue weighted by atomic mass is 9.97. The number of amides is 1. The highest BCUT2D eigenvalue weighted by Gasteiger charge is 2.50. The van der Waals surface area contributed by atoms with E-state index in [1.165, 1.54) is 0 Å². The van der Waals surface area contributed by atoms with Crippen LogP contribution in [0.5, 0.6) is 0 Å². The number of carbonyl (C=O) groups excluding carboxylic acids is 1. The van der Waals surface area contributed by atoms with E-state index < -0.39 is 5.66 Å². The topological polar surface area (TPSA) is 50.9 Å². The van der Waals surface area contributed by atoms with Crippen molar-refractivity contribution < 1.29 is 4.79 Å². The average Bonchev–Trinajstić information content (AvgIpc) is 2.89. The molecule has 2 saturated heterocycles. The normalized spacial score (nSPS) is 27.4. The Balaban J connectivity index is 2.29. The minimum absolute atomic E-state index is 0.0526. The summed E-state index contributed by atoms with van der Waals surface area (Å²) < 4.78 is 0. The van der Waals surface area contributed by atoms with E-state index in [9.17, 15) is 4.79 Å². The van der Waals surface area contributed by atoms with E-state index in [2.05, 4.69) is 48.1 Å². The van der Waals surface area contributed by atoms with E-state index in [1.807, 2.05) is 4.90 Å². The second kappa shape index (κ2) is 7.93. The molecule has 0 saturated carbocycles. The van der Waals surface area contributed by atoms with Crippen LogP contribution in [-0.2, 0) is 4.79 Å². The van der Waals surface area contributed by atoms with Gasteiger partial charge in [0, 0.05) is 32.2 Å². The number of thiocarbonyl (C=S) groups is 2. The van der Waals surface area contributed by atoms with E-state index in [0.29, 0.717) is 5.11 Å². The molecular weight excluding hydrogens is 342 g/mol. The van der Waals surface area contributed by atoms with Crippen molar-refractivity contribution in [2.24, 2.45) is 0 Å². The summed E-state index contributed by atoms with van der Waals surface area (Å²) >= 11 is 11.3.